The lowest BCUT2D eigenvalue weighted by Crippen LogP contribution is -2.40. The molecule has 1 aromatic carbocycles. The Hall–Kier alpha value is -2.87. The van der Waals surface area contributed by atoms with Gasteiger partial charge in [-0.05, 0) is 37.1 Å². The Bertz CT molecular complexity index is 750. The van der Waals surface area contributed by atoms with Gasteiger partial charge in [-0.15, -0.1) is 0 Å². The smallest absolute Gasteiger partial charge is 0.249 e. The number of pyridine rings is 1. The maximum Gasteiger partial charge on any atom is 0.249 e. The fraction of sp³-hybridized carbons (Fsp3) is 0.235. The average Bonchev–Trinajstić information content (AvgIpc) is 2.98. The fourth-order valence-electron chi connectivity index (χ4n) is 2.68. The number of nitrogens with one attached hydrogen (secondary N) is 1. The minimum atomic E-state index is -0.451. The Labute approximate surface area is 129 Å². The van der Waals surface area contributed by atoms with E-state index < -0.39 is 6.04 Å². The molecule has 0 bridgehead atoms. The lowest BCUT2D eigenvalue weighted by Gasteiger charge is -2.23. The van der Waals surface area contributed by atoms with Crippen molar-refractivity contribution >= 4 is 17.4 Å². The van der Waals surface area contributed by atoms with E-state index in [1.807, 2.05) is 24.3 Å². The van der Waals surface area contributed by atoms with Crippen molar-refractivity contribution in [1.29, 1.82) is 5.26 Å². The summed E-state index contributed by atoms with van der Waals surface area (Å²) < 4.78 is 0. The minimum absolute atomic E-state index is 0.0144. The molecule has 1 aliphatic heterocycles. The molecule has 5 nitrogen and oxygen atoms in total. The molecule has 1 aliphatic rings. The second-order valence-electron chi connectivity index (χ2n) is 5.25. The van der Waals surface area contributed by atoms with Crippen molar-refractivity contribution in [2.45, 2.75) is 19.4 Å². The van der Waals surface area contributed by atoms with Crippen LogP contribution in [0.25, 0.3) is 0 Å². The van der Waals surface area contributed by atoms with E-state index in [-0.39, 0.29) is 5.91 Å². The molecule has 0 fully saturated rings. The molecule has 22 heavy (non-hydrogen) atoms. The van der Waals surface area contributed by atoms with Gasteiger partial charge in [0.05, 0.1) is 5.56 Å². The summed E-state index contributed by atoms with van der Waals surface area (Å²) in [4.78, 5) is 18.6. The van der Waals surface area contributed by atoms with Crippen molar-refractivity contribution in [1.82, 2.24) is 4.98 Å². The molecule has 0 saturated heterocycles. The number of aromatic nitrogens is 1. The Kier molecular flexibility index (Phi) is 3.75. The maximum absolute atomic E-state index is 12.7. The van der Waals surface area contributed by atoms with Gasteiger partial charge < -0.3 is 10.2 Å². The number of amides is 1. The number of benzene rings is 1. The van der Waals surface area contributed by atoms with E-state index in [4.69, 9.17) is 5.26 Å². The molecule has 2 aromatic rings. The summed E-state index contributed by atoms with van der Waals surface area (Å²) in [6, 6.07) is 12.9. The predicted molar refractivity (Wildman–Crippen MR) is 84.5 cm³/mol. The minimum Gasteiger partial charge on any atom is -0.358 e. The van der Waals surface area contributed by atoms with E-state index in [1.54, 1.807) is 30.2 Å². The fourth-order valence-corrected chi connectivity index (χ4v) is 2.68. The van der Waals surface area contributed by atoms with E-state index in [2.05, 4.69) is 16.4 Å². The maximum atomic E-state index is 12.7. The molecule has 0 saturated carbocycles. The van der Waals surface area contributed by atoms with E-state index >= 15 is 0 Å². The number of carbonyl (C=O) groups is 1. The quantitative estimate of drug-likeness (QED) is 0.942. The largest absolute Gasteiger partial charge is 0.358 e. The first-order valence-electron chi connectivity index (χ1n) is 7.21. The predicted octanol–water partition coefficient (Wildman–Crippen LogP) is 2.34. The first-order chi connectivity index (χ1) is 10.7. The van der Waals surface area contributed by atoms with Crippen LogP contribution in [0.15, 0.2) is 42.6 Å². The molecule has 5 heteroatoms. The van der Waals surface area contributed by atoms with Crippen molar-refractivity contribution in [3.8, 4) is 6.07 Å². The van der Waals surface area contributed by atoms with Gasteiger partial charge in [0, 0.05) is 18.4 Å². The van der Waals surface area contributed by atoms with Crippen LogP contribution in [-0.4, -0.2) is 23.5 Å². The van der Waals surface area contributed by atoms with Gasteiger partial charge in [0.1, 0.15) is 17.9 Å². The third-order valence-electron chi connectivity index (χ3n) is 3.81. The molecule has 1 N–H and O–H groups in total. The highest BCUT2D eigenvalue weighted by Gasteiger charge is 2.28. The molecule has 1 atom stereocenters. The Morgan fingerprint density at radius 1 is 1.36 bits per heavy atom. The lowest BCUT2D eigenvalue weighted by atomic mass is 10.2. The standard InChI is InChI=1S/C17H16N4O/c1-12(20-16-14(11-18)6-4-9-19-16)17(22)21-10-8-13-5-2-3-7-15(13)21/h2-7,9,12H,8,10H2,1H3,(H,19,20). The van der Waals surface area contributed by atoms with Crippen LogP contribution < -0.4 is 10.2 Å². The van der Waals surface area contributed by atoms with Gasteiger partial charge in [-0.2, -0.15) is 5.26 Å². The molecule has 1 aromatic heterocycles. The van der Waals surface area contributed by atoms with Crippen LogP contribution in [0.2, 0.25) is 0 Å². The topological polar surface area (TPSA) is 69.0 Å². The van der Waals surface area contributed by atoms with Crippen LogP contribution >= 0.6 is 0 Å². The molecule has 2 heterocycles. The molecule has 3 rings (SSSR count). The Morgan fingerprint density at radius 3 is 3.00 bits per heavy atom. The van der Waals surface area contributed by atoms with Crippen LogP contribution in [0, 0.1) is 11.3 Å². The van der Waals surface area contributed by atoms with Crippen molar-refractivity contribution in [3.05, 3.63) is 53.7 Å². The number of nitriles is 1. The zero-order valence-corrected chi connectivity index (χ0v) is 12.3. The molecule has 0 spiro atoms. The van der Waals surface area contributed by atoms with Crippen molar-refractivity contribution < 1.29 is 4.79 Å². The average molecular weight is 292 g/mol. The third kappa shape index (κ3) is 2.51. The van der Waals surface area contributed by atoms with Gasteiger partial charge in [-0.25, -0.2) is 4.98 Å². The number of fused-ring (bicyclic) bond motifs is 1. The molecule has 0 aliphatic carbocycles. The van der Waals surface area contributed by atoms with Gasteiger partial charge in [0.15, 0.2) is 0 Å². The van der Waals surface area contributed by atoms with Crippen molar-refractivity contribution in [3.63, 3.8) is 0 Å². The molecule has 1 unspecified atom stereocenters. The number of hydrogen-bond acceptors (Lipinski definition) is 4. The monoisotopic (exact) mass is 292 g/mol. The number of anilines is 2. The highest BCUT2D eigenvalue weighted by Crippen LogP contribution is 2.28. The zero-order valence-electron chi connectivity index (χ0n) is 12.3. The van der Waals surface area contributed by atoms with Crippen LogP contribution in [0.1, 0.15) is 18.1 Å². The number of hydrogen-bond donors (Lipinski definition) is 1. The van der Waals surface area contributed by atoms with Crippen LogP contribution in [-0.2, 0) is 11.2 Å². The number of carbonyl (C=O) groups excluding carboxylic acids is 1. The normalized spacial score (nSPS) is 14.1. The molecule has 110 valence electrons. The van der Waals surface area contributed by atoms with Gasteiger partial charge in [0.25, 0.3) is 0 Å². The summed E-state index contributed by atoms with van der Waals surface area (Å²) in [5.74, 6) is 0.429. The second kappa shape index (κ2) is 5.86. The Morgan fingerprint density at radius 2 is 2.18 bits per heavy atom. The first-order valence-corrected chi connectivity index (χ1v) is 7.21. The van der Waals surface area contributed by atoms with Gasteiger partial charge in [0.2, 0.25) is 5.91 Å². The lowest BCUT2D eigenvalue weighted by molar-refractivity contribution is -0.118. The van der Waals surface area contributed by atoms with Gasteiger partial charge in [-0.1, -0.05) is 18.2 Å². The molecular weight excluding hydrogens is 276 g/mol. The summed E-state index contributed by atoms with van der Waals surface area (Å²) in [5.41, 5.74) is 2.60. The van der Waals surface area contributed by atoms with E-state index in [0.29, 0.717) is 17.9 Å². The van der Waals surface area contributed by atoms with E-state index in [1.165, 1.54) is 5.56 Å². The molecular formula is C17H16N4O. The highest BCUT2D eigenvalue weighted by atomic mass is 16.2. The number of rotatable bonds is 3. The van der Waals surface area contributed by atoms with Crippen LogP contribution in [0.3, 0.4) is 0 Å². The number of nitrogens with zero attached hydrogens (tertiary/aromatic N) is 3. The van der Waals surface area contributed by atoms with Gasteiger partial charge >= 0.3 is 0 Å². The summed E-state index contributed by atoms with van der Waals surface area (Å²) >= 11 is 0. The summed E-state index contributed by atoms with van der Waals surface area (Å²) in [6.45, 7) is 2.48. The molecule has 1 amide bonds. The van der Waals surface area contributed by atoms with Crippen molar-refractivity contribution in [2.24, 2.45) is 0 Å². The SMILES string of the molecule is CC(Nc1ncccc1C#N)C(=O)N1CCc2ccccc21. The first kappa shape index (κ1) is 14.1. The summed E-state index contributed by atoms with van der Waals surface area (Å²) in [7, 11) is 0. The highest BCUT2D eigenvalue weighted by molar-refractivity contribution is 6.00. The third-order valence-corrected chi connectivity index (χ3v) is 3.81. The zero-order chi connectivity index (χ0) is 15.5. The van der Waals surface area contributed by atoms with E-state index in [0.717, 1.165) is 12.1 Å². The van der Waals surface area contributed by atoms with E-state index in [9.17, 15) is 4.79 Å². The molecule has 0 radical (unpaired) electrons. The van der Waals surface area contributed by atoms with Crippen LogP contribution in [0.4, 0.5) is 11.5 Å². The second-order valence-corrected chi connectivity index (χ2v) is 5.25. The van der Waals surface area contributed by atoms with Crippen molar-refractivity contribution in [2.75, 3.05) is 16.8 Å². The van der Waals surface area contributed by atoms with Gasteiger partial charge in [-0.3, -0.25) is 4.79 Å². The van der Waals surface area contributed by atoms with Crippen LogP contribution in [0.5, 0.6) is 0 Å². The number of para-hydroxylation sites is 1. The summed E-state index contributed by atoms with van der Waals surface area (Å²) in [5, 5.41) is 12.1. The Balaban J connectivity index is 1.78. The summed E-state index contributed by atoms with van der Waals surface area (Å²) in [6.07, 6.45) is 2.48.